The standard InChI is InChI=1S/C15H17NO4/c1-10-3-2-4-11-7-12(20-13(10)11)14(18)16-6-5-15(19,8-16)9-17/h2-4,7,17,19H,5-6,8-9H2,1H3/t15-/m0/s1. The first-order valence-electron chi connectivity index (χ1n) is 6.64. The van der Waals surface area contributed by atoms with Crippen LogP contribution in [0.4, 0.5) is 0 Å². The third-order valence-corrected chi connectivity index (χ3v) is 3.87. The average Bonchev–Trinajstić information content (AvgIpc) is 3.03. The molecule has 20 heavy (non-hydrogen) atoms. The highest BCUT2D eigenvalue weighted by molar-refractivity contribution is 5.96. The van der Waals surface area contributed by atoms with Gasteiger partial charge in [0, 0.05) is 11.9 Å². The number of carbonyl (C=O) groups excluding carboxylic acids is 1. The molecule has 2 N–H and O–H groups in total. The molecule has 1 aliphatic rings. The second kappa shape index (κ2) is 4.61. The van der Waals surface area contributed by atoms with Gasteiger partial charge in [0.05, 0.1) is 13.2 Å². The maximum absolute atomic E-state index is 12.4. The van der Waals surface area contributed by atoms with Crippen LogP contribution < -0.4 is 0 Å². The summed E-state index contributed by atoms with van der Waals surface area (Å²) in [7, 11) is 0. The SMILES string of the molecule is Cc1cccc2cc(C(=O)N3CC[C@@](O)(CO)C3)oc12. The fraction of sp³-hybridized carbons (Fsp3) is 0.400. The smallest absolute Gasteiger partial charge is 0.289 e. The van der Waals surface area contributed by atoms with Crippen molar-refractivity contribution in [3.63, 3.8) is 0 Å². The number of para-hydroxylation sites is 1. The van der Waals surface area contributed by atoms with Crippen LogP contribution in [-0.2, 0) is 0 Å². The number of aliphatic hydroxyl groups is 2. The Kier molecular flexibility index (Phi) is 3.03. The molecule has 0 radical (unpaired) electrons. The Morgan fingerprint density at radius 1 is 1.50 bits per heavy atom. The van der Waals surface area contributed by atoms with Gasteiger partial charge in [0.2, 0.25) is 0 Å². The summed E-state index contributed by atoms with van der Waals surface area (Å²) >= 11 is 0. The van der Waals surface area contributed by atoms with Crippen molar-refractivity contribution >= 4 is 16.9 Å². The maximum Gasteiger partial charge on any atom is 0.289 e. The van der Waals surface area contributed by atoms with E-state index in [0.29, 0.717) is 18.5 Å². The number of carbonyl (C=O) groups is 1. The predicted octanol–water partition coefficient (Wildman–Crippen LogP) is 1.31. The van der Waals surface area contributed by atoms with Crippen molar-refractivity contribution in [1.82, 2.24) is 4.90 Å². The molecule has 1 aromatic heterocycles. The largest absolute Gasteiger partial charge is 0.451 e. The Morgan fingerprint density at radius 3 is 2.95 bits per heavy atom. The number of β-amino-alcohol motifs (C(OH)–C–C–N with tert-alkyl or cyclic N) is 1. The van der Waals surface area contributed by atoms with E-state index in [4.69, 9.17) is 9.52 Å². The number of rotatable bonds is 2. The van der Waals surface area contributed by atoms with E-state index in [9.17, 15) is 9.90 Å². The highest BCUT2D eigenvalue weighted by Gasteiger charge is 2.38. The van der Waals surface area contributed by atoms with E-state index in [1.807, 2.05) is 25.1 Å². The van der Waals surface area contributed by atoms with Gasteiger partial charge in [-0.25, -0.2) is 0 Å². The molecule has 1 aliphatic heterocycles. The summed E-state index contributed by atoms with van der Waals surface area (Å²) < 4.78 is 5.64. The number of benzene rings is 1. The predicted molar refractivity (Wildman–Crippen MR) is 73.5 cm³/mol. The topological polar surface area (TPSA) is 73.9 Å². The lowest BCUT2D eigenvalue weighted by molar-refractivity contribution is -0.00477. The molecule has 0 bridgehead atoms. The molecular weight excluding hydrogens is 258 g/mol. The fourth-order valence-electron chi connectivity index (χ4n) is 2.63. The number of likely N-dealkylation sites (tertiary alicyclic amines) is 1. The summed E-state index contributed by atoms with van der Waals surface area (Å²) in [5.74, 6) is 0.0291. The molecule has 1 saturated heterocycles. The van der Waals surface area contributed by atoms with Crippen LogP contribution in [0.5, 0.6) is 0 Å². The Hall–Kier alpha value is -1.85. The first-order valence-corrected chi connectivity index (χ1v) is 6.64. The Balaban J connectivity index is 1.88. The lowest BCUT2D eigenvalue weighted by atomic mass is 10.1. The molecule has 1 atom stereocenters. The highest BCUT2D eigenvalue weighted by atomic mass is 16.4. The maximum atomic E-state index is 12.4. The van der Waals surface area contributed by atoms with Crippen molar-refractivity contribution in [2.45, 2.75) is 18.9 Å². The van der Waals surface area contributed by atoms with Crippen LogP contribution in [0.25, 0.3) is 11.0 Å². The molecular formula is C15H17NO4. The minimum absolute atomic E-state index is 0.137. The van der Waals surface area contributed by atoms with Crippen molar-refractivity contribution in [3.8, 4) is 0 Å². The van der Waals surface area contributed by atoms with E-state index in [0.717, 1.165) is 10.9 Å². The minimum Gasteiger partial charge on any atom is -0.451 e. The highest BCUT2D eigenvalue weighted by Crippen LogP contribution is 2.26. The van der Waals surface area contributed by atoms with Gasteiger partial charge >= 0.3 is 0 Å². The van der Waals surface area contributed by atoms with E-state index < -0.39 is 5.60 Å². The van der Waals surface area contributed by atoms with Gasteiger partial charge in [0.15, 0.2) is 5.76 Å². The summed E-state index contributed by atoms with van der Waals surface area (Å²) in [5, 5.41) is 20.0. The first kappa shape index (κ1) is 13.1. The Morgan fingerprint density at radius 2 is 2.30 bits per heavy atom. The molecule has 1 aromatic carbocycles. The van der Waals surface area contributed by atoms with E-state index >= 15 is 0 Å². The second-order valence-electron chi connectivity index (χ2n) is 5.46. The van der Waals surface area contributed by atoms with Crippen LogP contribution in [0.2, 0.25) is 0 Å². The van der Waals surface area contributed by atoms with Gasteiger partial charge in [0.1, 0.15) is 11.2 Å². The minimum atomic E-state index is -1.18. The molecule has 3 rings (SSSR count). The zero-order valence-corrected chi connectivity index (χ0v) is 11.3. The van der Waals surface area contributed by atoms with Gasteiger partial charge in [0.25, 0.3) is 5.91 Å². The monoisotopic (exact) mass is 275 g/mol. The zero-order valence-electron chi connectivity index (χ0n) is 11.3. The third-order valence-electron chi connectivity index (χ3n) is 3.87. The van der Waals surface area contributed by atoms with Crippen molar-refractivity contribution in [3.05, 3.63) is 35.6 Å². The van der Waals surface area contributed by atoms with Crippen LogP contribution in [0.3, 0.4) is 0 Å². The molecule has 1 amide bonds. The first-order chi connectivity index (χ1) is 9.52. The molecule has 0 saturated carbocycles. The van der Waals surface area contributed by atoms with Gasteiger partial charge in [-0.1, -0.05) is 18.2 Å². The van der Waals surface area contributed by atoms with Crippen LogP contribution >= 0.6 is 0 Å². The van der Waals surface area contributed by atoms with Gasteiger partial charge in [-0.3, -0.25) is 4.79 Å². The van der Waals surface area contributed by atoms with Crippen molar-refractivity contribution in [2.24, 2.45) is 0 Å². The summed E-state index contributed by atoms with van der Waals surface area (Å²) in [5.41, 5.74) is 0.514. The van der Waals surface area contributed by atoms with Gasteiger partial charge in [-0.15, -0.1) is 0 Å². The molecule has 0 unspecified atom stereocenters. The van der Waals surface area contributed by atoms with Crippen LogP contribution in [0, 0.1) is 6.92 Å². The number of aryl methyl sites for hydroxylation is 1. The second-order valence-corrected chi connectivity index (χ2v) is 5.46. The number of furan rings is 1. The summed E-state index contributed by atoms with van der Waals surface area (Å²) in [6.45, 7) is 2.15. The quantitative estimate of drug-likeness (QED) is 0.866. The number of nitrogens with zero attached hydrogens (tertiary/aromatic N) is 1. The van der Waals surface area contributed by atoms with E-state index in [1.165, 1.54) is 4.90 Å². The number of hydrogen-bond donors (Lipinski definition) is 2. The van der Waals surface area contributed by atoms with Crippen LogP contribution in [0.1, 0.15) is 22.5 Å². The number of aliphatic hydroxyl groups excluding tert-OH is 1. The third kappa shape index (κ3) is 2.09. The molecule has 0 aliphatic carbocycles. The van der Waals surface area contributed by atoms with E-state index in [1.54, 1.807) is 6.07 Å². The molecule has 2 aromatic rings. The lowest BCUT2D eigenvalue weighted by Crippen LogP contribution is -2.38. The molecule has 106 valence electrons. The molecule has 1 fully saturated rings. The van der Waals surface area contributed by atoms with Gasteiger partial charge in [-0.05, 0) is 25.0 Å². The Labute approximate surface area is 116 Å². The van der Waals surface area contributed by atoms with Crippen LogP contribution in [0.15, 0.2) is 28.7 Å². The summed E-state index contributed by atoms with van der Waals surface area (Å²) in [6, 6.07) is 7.47. The van der Waals surface area contributed by atoms with E-state index in [-0.39, 0.29) is 24.8 Å². The number of fused-ring (bicyclic) bond motifs is 1. The van der Waals surface area contributed by atoms with Gasteiger partial charge in [-0.2, -0.15) is 0 Å². The summed E-state index contributed by atoms with van der Waals surface area (Å²) in [6.07, 6.45) is 0.383. The molecule has 5 heteroatoms. The normalized spacial score (nSPS) is 22.6. The zero-order chi connectivity index (χ0) is 14.3. The van der Waals surface area contributed by atoms with Crippen molar-refractivity contribution in [1.29, 1.82) is 0 Å². The van der Waals surface area contributed by atoms with Crippen molar-refractivity contribution in [2.75, 3.05) is 19.7 Å². The fourth-order valence-corrected chi connectivity index (χ4v) is 2.63. The molecule has 2 heterocycles. The lowest BCUT2D eigenvalue weighted by Gasteiger charge is -2.20. The number of amides is 1. The van der Waals surface area contributed by atoms with E-state index in [2.05, 4.69) is 0 Å². The molecule has 5 nitrogen and oxygen atoms in total. The summed E-state index contributed by atoms with van der Waals surface area (Å²) in [4.78, 5) is 13.9. The van der Waals surface area contributed by atoms with Gasteiger partial charge < -0.3 is 19.5 Å². The van der Waals surface area contributed by atoms with Crippen molar-refractivity contribution < 1.29 is 19.4 Å². The molecule has 0 spiro atoms. The Bertz CT molecular complexity index is 663. The number of hydrogen-bond acceptors (Lipinski definition) is 4. The average molecular weight is 275 g/mol. The van der Waals surface area contributed by atoms with Crippen LogP contribution in [-0.4, -0.2) is 46.3 Å².